The van der Waals surface area contributed by atoms with Gasteiger partial charge in [0.05, 0.1) is 11.0 Å². The smallest absolute Gasteiger partial charge is 0.0541 e. The molecule has 4 aromatic rings. The van der Waals surface area contributed by atoms with Crippen molar-refractivity contribution in [3.05, 3.63) is 78.4 Å². The Labute approximate surface area is 143 Å². The van der Waals surface area contributed by atoms with Crippen molar-refractivity contribution < 1.29 is 0 Å². The summed E-state index contributed by atoms with van der Waals surface area (Å²) in [5.41, 5.74) is 5.47. The third kappa shape index (κ3) is 2.60. The third-order valence-corrected chi connectivity index (χ3v) is 4.48. The summed E-state index contributed by atoms with van der Waals surface area (Å²) >= 11 is 0. The van der Waals surface area contributed by atoms with Crippen LogP contribution in [0.15, 0.2) is 72.8 Å². The minimum absolute atomic E-state index is 0.291. The van der Waals surface area contributed by atoms with Crippen LogP contribution in [-0.2, 0) is 6.42 Å². The lowest BCUT2D eigenvalue weighted by Crippen LogP contribution is -2.09. The summed E-state index contributed by atoms with van der Waals surface area (Å²) in [7, 11) is 0. The Bertz CT molecular complexity index is 962. The van der Waals surface area contributed by atoms with Gasteiger partial charge >= 0.3 is 0 Å². The monoisotopic (exact) mass is 313 g/mol. The van der Waals surface area contributed by atoms with Crippen LogP contribution in [0.1, 0.15) is 26.3 Å². The Hall–Kier alpha value is -2.54. The standard InChI is InChI=1S/C23H23N/c1-23(2,3)16-17-9-8-10-18(15-17)24-21-13-6-4-11-19(21)20-12-5-7-14-22(20)24/h4-15H,16H2,1-3H3. The quantitative estimate of drug-likeness (QED) is 0.405. The molecule has 1 heterocycles. The zero-order chi connectivity index (χ0) is 16.7. The van der Waals surface area contributed by atoms with Gasteiger partial charge in [-0.15, -0.1) is 0 Å². The van der Waals surface area contributed by atoms with Crippen LogP contribution in [0.5, 0.6) is 0 Å². The average Bonchev–Trinajstić information content (AvgIpc) is 2.88. The highest BCUT2D eigenvalue weighted by Gasteiger charge is 2.14. The van der Waals surface area contributed by atoms with Crippen LogP contribution in [0.4, 0.5) is 0 Å². The van der Waals surface area contributed by atoms with Crippen LogP contribution in [0.2, 0.25) is 0 Å². The highest BCUT2D eigenvalue weighted by atomic mass is 15.0. The van der Waals surface area contributed by atoms with Crippen molar-refractivity contribution in [3.63, 3.8) is 0 Å². The number of fused-ring (bicyclic) bond motifs is 3. The molecule has 1 aromatic heterocycles. The summed E-state index contributed by atoms with van der Waals surface area (Å²) in [6.45, 7) is 6.88. The lowest BCUT2D eigenvalue weighted by Gasteiger charge is -2.19. The van der Waals surface area contributed by atoms with E-state index < -0.39 is 0 Å². The molecule has 0 radical (unpaired) electrons. The first-order chi connectivity index (χ1) is 11.5. The maximum Gasteiger partial charge on any atom is 0.0541 e. The summed E-state index contributed by atoms with van der Waals surface area (Å²) in [6, 6.07) is 26.3. The molecule has 0 saturated heterocycles. The molecular formula is C23H23N. The third-order valence-electron chi connectivity index (χ3n) is 4.48. The van der Waals surface area contributed by atoms with Gasteiger partial charge in [0, 0.05) is 16.5 Å². The first-order valence-corrected chi connectivity index (χ1v) is 8.60. The van der Waals surface area contributed by atoms with E-state index in [4.69, 9.17) is 0 Å². The van der Waals surface area contributed by atoms with Crippen molar-refractivity contribution >= 4 is 21.8 Å². The molecule has 0 atom stereocenters. The van der Waals surface area contributed by atoms with Gasteiger partial charge in [0.25, 0.3) is 0 Å². The molecule has 0 aliphatic rings. The molecule has 1 nitrogen and oxygen atoms in total. The fourth-order valence-electron chi connectivity index (χ4n) is 3.62. The first kappa shape index (κ1) is 15.0. The number of hydrogen-bond acceptors (Lipinski definition) is 0. The van der Waals surface area contributed by atoms with Crippen molar-refractivity contribution in [2.75, 3.05) is 0 Å². The molecular weight excluding hydrogens is 290 g/mol. The fourth-order valence-corrected chi connectivity index (χ4v) is 3.62. The second-order valence-corrected chi connectivity index (χ2v) is 7.78. The molecule has 0 N–H and O–H groups in total. The summed E-state index contributed by atoms with van der Waals surface area (Å²) in [5, 5.41) is 2.63. The van der Waals surface area contributed by atoms with Crippen molar-refractivity contribution in [3.8, 4) is 5.69 Å². The summed E-state index contributed by atoms with van der Waals surface area (Å²) in [5.74, 6) is 0. The molecule has 24 heavy (non-hydrogen) atoms. The molecule has 1 heteroatoms. The average molecular weight is 313 g/mol. The Morgan fingerprint density at radius 1 is 0.708 bits per heavy atom. The Morgan fingerprint density at radius 2 is 1.29 bits per heavy atom. The molecule has 3 aromatic carbocycles. The van der Waals surface area contributed by atoms with Gasteiger partial charge < -0.3 is 4.57 Å². The number of aromatic nitrogens is 1. The van der Waals surface area contributed by atoms with Gasteiger partial charge in [-0.2, -0.15) is 0 Å². The summed E-state index contributed by atoms with van der Waals surface area (Å²) < 4.78 is 2.39. The predicted octanol–water partition coefficient (Wildman–Crippen LogP) is 6.37. The van der Waals surface area contributed by atoms with Gasteiger partial charge in [-0.3, -0.25) is 0 Å². The minimum Gasteiger partial charge on any atom is -0.309 e. The van der Waals surface area contributed by atoms with Crippen LogP contribution in [0.3, 0.4) is 0 Å². The predicted molar refractivity (Wildman–Crippen MR) is 104 cm³/mol. The van der Waals surface area contributed by atoms with Crippen molar-refractivity contribution in [1.29, 1.82) is 0 Å². The number of nitrogens with zero attached hydrogens (tertiary/aromatic N) is 1. The second-order valence-electron chi connectivity index (χ2n) is 7.78. The van der Waals surface area contributed by atoms with E-state index in [2.05, 4.69) is 98.1 Å². The highest BCUT2D eigenvalue weighted by molar-refractivity contribution is 6.09. The normalized spacial score (nSPS) is 12.1. The van der Waals surface area contributed by atoms with E-state index >= 15 is 0 Å². The van der Waals surface area contributed by atoms with Crippen molar-refractivity contribution in [2.24, 2.45) is 5.41 Å². The van der Waals surface area contributed by atoms with Gasteiger partial charge in [-0.25, -0.2) is 0 Å². The number of benzene rings is 3. The summed E-state index contributed by atoms with van der Waals surface area (Å²) in [4.78, 5) is 0. The van der Waals surface area contributed by atoms with Crippen molar-refractivity contribution in [1.82, 2.24) is 4.57 Å². The highest BCUT2D eigenvalue weighted by Crippen LogP contribution is 2.32. The van der Waals surface area contributed by atoms with E-state index in [0.29, 0.717) is 5.41 Å². The van der Waals surface area contributed by atoms with Gasteiger partial charge in [-0.05, 0) is 41.7 Å². The van der Waals surface area contributed by atoms with E-state index in [-0.39, 0.29) is 0 Å². The molecule has 4 rings (SSSR count). The molecule has 0 spiro atoms. The topological polar surface area (TPSA) is 4.93 Å². The van der Waals surface area contributed by atoms with Crippen LogP contribution in [0.25, 0.3) is 27.5 Å². The van der Waals surface area contributed by atoms with E-state index in [9.17, 15) is 0 Å². The van der Waals surface area contributed by atoms with Gasteiger partial charge in [0.15, 0.2) is 0 Å². The zero-order valence-electron chi connectivity index (χ0n) is 14.6. The molecule has 0 fully saturated rings. The number of hydrogen-bond donors (Lipinski definition) is 0. The van der Waals surface area contributed by atoms with Crippen LogP contribution in [0, 0.1) is 5.41 Å². The molecule has 0 amide bonds. The Kier molecular flexibility index (Phi) is 3.45. The number of para-hydroxylation sites is 2. The Morgan fingerprint density at radius 3 is 1.88 bits per heavy atom. The van der Waals surface area contributed by atoms with E-state index in [1.165, 1.54) is 33.1 Å². The van der Waals surface area contributed by atoms with Crippen molar-refractivity contribution in [2.45, 2.75) is 27.2 Å². The maximum absolute atomic E-state index is 2.39. The van der Waals surface area contributed by atoms with E-state index in [1.807, 2.05) is 0 Å². The zero-order valence-corrected chi connectivity index (χ0v) is 14.6. The van der Waals surface area contributed by atoms with Gasteiger partial charge in [-0.1, -0.05) is 69.3 Å². The maximum atomic E-state index is 2.39. The molecule has 0 aliphatic heterocycles. The van der Waals surface area contributed by atoms with Crippen LogP contribution >= 0.6 is 0 Å². The Balaban J connectivity index is 1.97. The molecule has 0 bridgehead atoms. The largest absolute Gasteiger partial charge is 0.309 e. The molecule has 0 saturated carbocycles. The van der Waals surface area contributed by atoms with Crippen LogP contribution < -0.4 is 0 Å². The summed E-state index contributed by atoms with van der Waals surface area (Å²) in [6.07, 6.45) is 1.08. The SMILES string of the molecule is CC(C)(C)Cc1cccc(-n2c3ccccc3c3ccccc32)c1. The second kappa shape index (κ2) is 5.52. The molecule has 120 valence electrons. The lowest BCUT2D eigenvalue weighted by molar-refractivity contribution is 0.411. The molecule has 0 unspecified atom stereocenters. The van der Waals surface area contributed by atoms with Gasteiger partial charge in [0.1, 0.15) is 0 Å². The van der Waals surface area contributed by atoms with E-state index in [1.54, 1.807) is 0 Å². The lowest BCUT2D eigenvalue weighted by atomic mass is 9.88. The fraction of sp³-hybridized carbons (Fsp3) is 0.217. The number of rotatable bonds is 2. The molecule has 0 aliphatic carbocycles. The first-order valence-electron chi connectivity index (χ1n) is 8.60. The van der Waals surface area contributed by atoms with Crippen LogP contribution in [-0.4, -0.2) is 4.57 Å². The van der Waals surface area contributed by atoms with Gasteiger partial charge in [0.2, 0.25) is 0 Å². The minimum atomic E-state index is 0.291. The van der Waals surface area contributed by atoms with E-state index in [0.717, 1.165) is 6.42 Å².